The first-order valence-electron chi connectivity index (χ1n) is 10.00. The van der Waals surface area contributed by atoms with Crippen molar-refractivity contribution in [3.8, 4) is 0 Å². The lowest BCUT2D eigenvalue weighted by atomic mass is 10.1. The number of fused-ring (bicyclic) bond motifs is 1. The van der Waals surface area contributed by atoms with Crippen molar-refractivity contribution in [1.29, 1.82) is 0 Å². The lowest BCUT2D eigenvalue weighted by Gasteiger charge is -2.36. The second kappa shape index (κ2) is 7.54. The molecule has 1 aromatic heterocycles. The Morgan fingerprint density at radius 1 is 0.759 bits per heavy atom. The van der Waals surface area contributed by atoms with Gasteiger partial charge in [-0.15, -0.1) is 0 Å². The summed E-state index contributed by atoms with van der Waals surface area (Å²) in [5.74, 6) is -0.0176. The molecule has 0 radical (unpaired) electrons. The first-order valence-corrected chi connectivity index (χ1v) is 10.00. The maximum Gasteiger partial charge on any atom is 0.272 e. The van der Waals surface area contributed by atoms with Crippen molar-refractivity contribution in [2.45, 2.75) is 13.1 Å². The van der Waals surface area contributed by atoms with Crippen LogP contribution in [0.4, 0.5) is 11.4 Å². The van der Waals surface area contributed by atoms with Crippen LogP contribution in [0.1, 0.15) is 21.6 Å². The van der Waals surface area contributed by atoms with Gasteiger partial charge in [0, 0.05) is 56.8 Å². The summed E-state index contributed by atoms with van der Waals surface area (Å²) in [6, 6.07) is 19.1. The topological polar surface area (TPSA) is 52.6 Å². The zero-order valence-electron chi connectivity index (χ0n) is 16.2. The molecule has 0 bridgehead atoms. The summed E-state index contributed by atoms with van der Waals surface area (Å²) in [7, 11) is 0. The van der Waals surface area contributed by atoms with Crippen molar-refractivity contribution in [1.82, 2.24) is 14.9 Å². The van der Waals surface area contributed by atoms with Crippen LogP contribution in [-0.2, 0) is 13.1 Å². The van der Waals surface area contributed by atoms with Gasteiger partial charge in [0.05, 0.1) is 0 Å². The van der Waals surface area contributed by atoms with Gasteiger partial charge in [-0.05, 0) is 41.5 Å². The molecule has 0 spiro atoms. The fourth-order valence-corrected chi connectivity index (χ4v) is 4.14. The molecule has 0 saturated carbocycles. The molecule has 29 heavy (non-hydrogen) atoms. The SMILES string of the molecule is O=C(c1ccncn1)N1CCN(c2ccc(N3Cc4ccccc4C3)cc2)CC1. The molecule has 1 fully saturated rings. The third-order valence-corrected chi connectivity index (χ3v) is 5.79. The van der Waals surface area contributed by atoms with Crippen LogP contribution in [0, 0.1) is 0 Å². The maximum absolute atomic E-state index is 12.5. The molecular weight excluding hydrogens is 362 g/mol. The molecule has 146 valence electrons. The third-order valence-electron chi connectivity index (χ3n) is 5.79. The van der Waals surface area contributed by atoms with Crippen molar-refractivity contribution in [3.63, 3.8) is 0 Å². The van der Waals surface area contributed by atoms with Crippen molar-refractivity contribution in [2.24, 2.45) is 0 Å². The molecule has 5 rings (SSSR count). The van der Waals surface area contributed by atoms with Gasteiger partial charge in [-0.1, -0.05) is 24.3 Å². The van der Waals surface area contributed by atoms with E-state index in [1.165, 1.54) is 28.8 Å². The number of piperazine rings is 1. The summed E-state index contributed by atoms with van der Waals surface area (Å²) in [5, 5.41) is 0. The number of hydrogen-bond acceptors (Lipinski definition) is 5. The quantitative estimate of drug-likeness (QED) is 0.694. The lowest BCUT2D eigenvalue weighted by Crippen LogP contribution is -2.49. The zero-order chi connectivity index (χ0) is 19.6. The minimum Gasteiger partial charge on any atom is -0.368 e. The Morgan fingerprint density at radius 2 is 1.38 bits per heavy atom. The van der Waals surface area contributed by atoms with Crippen molar-refractivity contribution in [3.05, 3.63) is 83.9 Å². The Morgan fingerprint density at radius 3 is 1.97 bits per heavy atom. The lowest BCUT2D eigenvalue weighted by molar-refractivity contribution is 0.0740. The van der Waals surface area contributed by atoms with E-state index in [1.807, 2.05) is 4.90 Å². The summed E-state index contributed by atoms with van der Waals surface area (Å²) < 4.78 is 0. The highest BCUT2D eigenvalue weighted by atomic mass is 16.2. The predicted octanol–water partition coefficient (Wildman–Crippen LogP) is 2.96. The number of amides is 1. The number of rotatable bonds is 3. The van der Waals surface area contributed by atoms with E-state index in [0.29, 0.717) is 18.8 Å². The zero-order valence-corrected chi connectivity index (χ0v) is 16.2. The van der Waals surface area contributed by atoms with E-state index in [4.69, 9.17) is 0 Å². The number of anilines is 2. The van der Waals surface area contributed by atoms with Gasteiger partial charge in [-0.25, -0.2) is 9.97 Å². The van der Waals surface area contributed by atoms with Gasteiger partial charge < -0.3 is 14.7 Å². The van der Waals surface area contributed by atoms with E-state index in [9.17, 15) is 4.79 Å². The largest absolute Gasteiger partial charge is 0.368 e. The van der Waals surface area contributed by atoms with Crippen LogP contribution in [0.5, 0.6) is 0 Å². The van der Waals surface area contributed by atoms with Crippen LogP contribution in [0.3, 0.4) is 0 Å². The number of aromatic nitrogens is 2. The molecule has 6 nitrogen and oxygen atoms in total. The Hall–Kier alpha value is -3.41. The second-order valence-electron chi connectivity index (χ2n) is 7.52. The van der Waals surface area contributed by atoms with E-state index in [2.05, 4.69) is 68.3 Å². The van der Waals surface area contributed by atoms with E-state index in [0.717, 1.165) is 26.2 Å². The second-order valence-corrected chi connectivity index (χ2v) is 7.52. The molecular formula is C23H23N5O. The van der Waals surface area contributed by atoms with E-state index >= 15 is 0 Å². The maximum atomic E-state index is 12.5. The highest BCUT2D eigenvalue weighted by Gasteiger charge is 2.23. The molecule has 3 heterocycles. The van der Waals surface area contributed by atoms with Gasteiger partial charge in [0.15, 0.2) is 0 Å². The molecule has 2 aliphatic heterocycles. The molecule has 0 atom stereocenters. The Bertz CT molecular complexity index is 972. The fraction of sp³-hybridized carbons (Fsp3) is 0.261. The van der Waals surface area contributed by atoms with Crippen molar-refractivity contribution >= 4 is 17.3 Å². The highest BCUT2D eigenvalue weighted by Crippen LogP contribution is 2.29. The summed E-state index contributed by atoms with van der Waals surface area (Å²) >= 11 is 0. The molecule has 1 saturated heterocycles. The molecule has 0 N–H and O–H groups in total. The number of nitrogens with zero attached hydrogens (tertiary/aromatic N) is 5. The first kappa shape index (κ1) is 17.7. The predicted molar refractivity (Wildman–Crippen MR) is 113 cm³/mol. The van der Waals surface area contributed by atoms with Gasteiger partial charge in [0.1, 0.15) is 12.0 Å². The van der Waals surface area contributed by atoms with Crippen LogP contribution in [-0.4, -0.2) is 47.0 Å². The Kier molecular flexibility index (Phi) is 4.60. The molecule has 1 amide bonds. The monoisotopic (exact) mass is 385 g/mol. The highest BCUT2D eigenvalue weighted by molar-refractivity contribution is 5.92. The van der Waals surface area contributed by atoms with Gasteiger partial charge >= 0.3 is 0 Å². The van der Waals surface area contributed by atoms with Gasteiger partial charge in [-0.2, -0.15) is 0 Å². The van der Waals surface area contributed by atoms with Gasteiger partial charge in [0.2, 0.25) is 0 Å². The van der Waals surface area contributed by atoms with Crippen LogP contribution >= 0.6 is 0 Å². The fourth-order valence-electron chi connectivity index (χ4n) is 4.14. The first-order chi connectivity index (χ1) is 14.3. The van der Waals surface area contributed by atoms with Gasteiger partial charge in [-0.3, -0.25) is 4.79 Å². The summed E-state index contributed by atoms with van der Waals surface area (Å²) in [5.41, 5.74) is 5.76. The average Bonchev–Trinajstić information content (AvgIpc) is 3.24. The molecule has 2 aromatic carbocycles. The van der Waals surface area contributed by atoms with Crippen LogP contribution in [0.15, 0.2) is 67.1 Å². The Balaban J connectivity index is 1.20. The number of hydrogen-bond donors (Lipinski definition) is 0. The Labute approximate surface area is 170 Å². The normalized spacial score (nSPS) is 16.1. The molecule has 3 aromatic rings. The smallest absolute Gasteiger partial charge is 0.272 e. The average molecular weight is 385 g/mol. The molecule has 0 unspecified atom stereocenters. The standard InChI is InChI=1S/C23H23N5O/c29-23(22-9-10-24-17-25-22)27-13-11-26(12-14-27)20-5-7-21(8-6-20)28-15-18-3-1-2-4-19(18)16-28/h1-10,17H,11-16H2. The van der Waals surface area contributed by atoms with Crippen molar-refractivity contribution in [2.75, 3.05) is 36.0 Å². The summed E-state index contributed by atoms with van der Waals surface area (Å²) in [6.07, 6.45) is 3.03. The minimum atomic E-state index is -0.0176. The van der Waals surface area contributed by atoms with E-state index in [1.54, 1.807) is 12.3 Å². The van der Waals surface area contributed by atoms with Crippen molar-refractivity contribution < 1.29 is 4.79 Å². The summed E-state index contributed by atoms with van der Waals surface area (Å²) in [4.78, 5) is 27.1. The summed E-state index contributed by atoms with van der Waals surface area (Å²) in [6.45, 7) is 4.99. The number of benzene rings is 2. The van der Waals surface area contributed by atoms with Crippen LogP contribution < -0.4 is 9.80 Å². The van der Waals surface area contributed by atoms with Crippen LogP contribution in [0.2, 0.25) is 0 Å². The van der Waals surface area contributed by atoms with E-state index < -0.39 is 0 Å². The third kappa shape index (κ3) is 3.53. The van der Waals surface area contributed by atoms with Crippen LogP contribution in [0.25, 0.3) is 0 Å². The van der Waals surface area contributed by atoms with Gasteiger partial charge in [0.25, 0.3) is 5.91 Å². The molecule has 2 aliphatic rings. The number of carbonyl (C=O) groups is 1. The molecule has 6 heteroatoms. The van der Waals surface area contributed by atoms with E-state index in [-0.39, 0.29) is 5.91 Å². The minimum absolute atomic E-state index is 0.0176. The number of carbonyl (C=O) groups excluding carboxylic acids is 1. The molecule has 0 aliphatic carbocycles.